The third-order valence-corrected chi connectivity index (χ3v) is 5.23. The molecule has 3 rings (SSSR count). The lowest BCUT2D eigenvalue weighted by Gasteiger charge is -2.45. The van der Waals surface area contributed by atoms with Crippen molar-refractivity contribution in [2.24, 2.45) is 5.10 Å². The quantitative estimate of drug-likeness (QED) is 0.640. The highest BCUT2D eigenvalue weighted by Crippen LogP contribution is 2.43. The first kappa shape index (κ1) is 19.0. The Morgan fingerprint density at radius 1 is 1.26 bits per heavy atom. The average Bonchev–Trinajstić information content (AvgIpc) is 2.61. The van der Waals surface area contributed by atoms with E-state index in [-0.39, 0.29) is 17.0 Å². The number of fused-ring (bicyclic) bond motifs is 1. The van der Waals surface area contributed by atoms with Crippen LogP contribution in [0.3, 0.4) is 0 Å². The summed E-state index contributed by atoms with van der Waals surface area (Å²) in [6.45, 7) is 6.41. The van der Waals surface area contributed by atoms with Crippen LogP contribution >= 0.6 is 0 Å². The van der Waals surface area contributed by atoms with E-state index in [9.17, 15) is 13.6 Å². The van der Waals surface area contributed by atoms with E-state index in [1.54, 1.807) is 6.07 Å². The molecule has 0 bridgehead atoms. The summed E-state index contributed by atoms with van der Waals surface area (Å²) in [6, 6.07) is 8.42. The number of benzene rings is 2. The Hall–Kier alpha value is -2.76. The topological polar surface area (TPSA) is 44.7 Å². The molecule has 4 nitrogen and oxygen atoms in total. The van der Waals surface area contributed by atoms with Gasteiger partial charge in [0.15, 0.2) is 0 Å². The summed E-state index contributed by atoms with van der Waals surface area (Å²) in [5.74, 6) is -1.02. The zero-order chi connectivity index (χ0) is 19.8. The molecule has 0 radical (unpaired) electrons. The minimum atomic E-state index is -0.487. The zero-order valence-electron chi connectivity index (χ0n) is 15.9. The number of carbonyl (C=O) groups excluding carboxylic acids is 1. The van der Waals surface area contributed by atoms with Crippen molar-refractivity contribution in [2.45, 2.75) is 38.6 Å². The maximum Gasteiger partial charge on any atom is 0.271 e. The summed E-state index contributed by atoms with van der Waals surface area (Å²) < 4.78 is 27.5. The third-order valence-electron chi connectivity index (χ3n) is 5.23. The third kappa shape index (κ3) is 3.84. The van der Waals surface area contributed by atoms with Crippen LogP contribution in [0.2, 0.25) is 0 Å². The number of nitrogens with one attached hydrogen (secondary N) is 1. The smallest absolute Gasteiger partial charge is 0.271 e. The Morgan fingerprint density at radius 3 is 2.59 bits per heavy atom. The van der Waals surface area contributed by atoms with E-state index in [1.165, 1.54) is 36.5 Å². The molecule has 0 aromatic heterocycles. The van der Waals surface area contributed by atoms with Crippen molar-refractivity contribution in [1.82, 2.24) is 5.43 Å². The summed E-state index contributed by atoms with van der Waals surface area (Å²) in [7, 11) is 1.97. The lowest BCUT2D eigenvalue weighted by molar-refractivity contribution is 0.0955. The molecule has 2 aromatic carbocycles. The molecule has 2 aromatic rings. The van der Waals surface area contributed by atoms with Crippen molar-refractivity contribution in [2.75, 3.05) is 11.9 Å². The van der Waals surface area contributed by atoms with Crippen molar-refractivity contribution in [3.8, 4) is 0 Å². The zero-order valence-corrected chi connectivity index (χ0v) is 15.9. The molecule has 1 aliphatic heterocycles. The fraction of sp³-hybridized carbons (Fsp3) is 0.333. The normalized spacial score (nSPS) is 18.4. The lowest BCUT2D eigenvalue weighted by atomic mass is 9.80. The maximum absolute atomic E-state index is 14.5. The fourth-order valence-electron chi connectivity index (χ4n) is 3.53. The van der Waals surface area contributed by atoms with Crippen molar-refractivity contribution >= 4 is 17.8 Å². The van der Waals surface area contributed by atoms with Gasteiger partial charge in [-0.25, -0.2) is 14.2 Å². The Kier molecular flexibility index (Phi) is 5.00. The molecule has 0 saturated carbocycles. The number of nitrogens with zero attached hydrogens (tertiary/aromatic N) is 2. The summed E-state index contributed by atoms with van der Waals surface area (Å²) >= 11 is 0. The highest BCUT2D eigenvalue weighted by molar-refractivity contribution is 5.94. The van der Waals surface area contributed by atoms with E-state index in [2.05, 4.69) is 36.2 Å². The average molecular weight is 371 g/mol. The van der Waals surface area contributed by atoms with E-state index in [0.717, 1.165) is 17.7 Å². The molecule has 0 spiro atoms. The largest absolute Gasteiger partial charge is 0.369 e. The number of carbonyl (C=O) groups is 1. The van der Waals surface area contributed by atoms with Crippen LogP contribution in [-0.4, -0.2) is 24.7 Å². The molecule has 1 unspecified atom stereocenters. The number of hydrogen-bond donors (Lipinski definition) is 1. The molecular weight excluding hydrogens is 348 g/mol. The summed E-state index contributed by atoms with van der Waals surface area (Å²) in [6.07, 6.45) is 2.25. The SMILES string of the molecule is CC1CC(C)(C)N(C)c2cc(F)c(/C=N\NC(=O)c3ccc(F)cc3)cc21. The van der Waals surface area contributed by atoms with Gasteiger partial charge in [-0.2, -0.15) is 5.10 Å². The summed E-state index contributed by atoms with van der Waals surface area (Å²) in [5.41, 5.74) is 4.82. The lowest BCUT2D eigenvalue weighted by Crippen LogP contribution is -2.45. The van der Waals surface area contributed by atoms with Crippen LogP contribution in [0, 0.1) is 11.6 Å². The van der Waals surface area contributed by atoms with Crippen LogP contribution in [0.4, 0.5) is 14.5 Å². The number of hydrazone groups is 1. The first-order valence-electron chi connectivity index (χ1n) is 8.85. The summed E-state index contributed by atoms with van der Waals surface area (Å²) in [5, 5.41) is 3.85. The van der Waals surface area contributed by atoms with Crippen molar-refractivity contribution < 1.29 is 13.6 Å². The molecule has 1 atom stereocenters. The van der Waals surface area contributed by atoms with Gasteiger partial charge >= 0.3 is 0 Å². The van der Waals surface area contributed by atoms with Gasteiger partial charge in [-0.3, -0.25) is 4.79 Å². The molecule has 1 aliphatic rings. The van der Waals surface area contributed by atoms with Gasteiger partial charge in [0.25, 0.3) is 5.91 Å². The van der Waals surface area contributed by atoms with E-state index < -0.39 is 17.5 Å². The second-order valence-electron chi connectivity index (χ2n) is 7.62. The van der Waals surface area contributed by atoms with Gasteiger partial charge in [-0.15, -0.1) is 0 Å². The molecule has 0 fully saturated rings. The highest BCUT2D eigenvalue weighted by atomic mass is 19.1. The number of amides is 1. The van der Waals surface area contributed by atoms with Crippen LogP contribution in [0.15, 0.2) is 41.5 Å². The van der Waals surface area contributed by atoms with E-state index >= 15 is 0 Å². The molecule has 142 valence electrons. The van der Waals surface area contributed by atoms with Gasteiger partial charge in [0.1, 0.15) is 11.6 Å². The Morgan fingerprint density at radius 2 is 1.93 bits per heavy atom. The Labute approximate surface area is 157 Å². The standard InChI is InChI=1S/C21H23F2N3O/c1-13-11-21(2,3)26(4)19-10-18(23)15(9-17(13)19)12-24-25-20(27)14-5-7-16(22)8-6-14/h5-10,12-13H,11H2,1-4H3,(H,25,27)/b24-12-. The van der Waals surface area contributed by atoms with Crippen LogP contribution < -0.4 is 10.3 Å². The van der Waals surface area contributed by atoms with Gasteiger partial charge in [-0.05, 0) is 68.1 Å². The predicted octanol–water partition coefficient (Wildman–Crippen LogP) is 4.45. The minimum Gasteiger partial charge on any atom is -0.369 e. The number of anilines is 1. The molecular formula is C21H23F2N3O. The fourth-order valence-corrected chi connectivity index (χ4v) is 3.53. The van der Waals surface area contributed by atoms with Gasteiger partial charge in [0.2, 0.25) is 0 Å². The van der Waals surface area contributed by atoms with E-state index in [1.807, 2.05) is 7.05 Å². The van der Waals surface area contributed by atoms with Crippen molar-refractivity contribution in [3.05, 3.63) is 64.7 Å². The minimum absolute atomic E-state index is 0.0441. The molecule has 1 N–H and O–H groups in total. The van der Waals surface area contributed by atoms with Crippen LogP contribution in [0.25, 0.3) is 0 Å². The molecule has 27 heavy (non-hydrogen) atoms. The highest BCUT2D eigenvalue weighted by Gasteiger charge is 2.34. The van der Waals surface area contributed by atoms with Gasteiger partial charge in [0.05, 0.1) is 6.21 Å². The predicted molar refractivity (Wildman–Crippen MR) is 103 cm³/mol. The second-order valence-corrected chi connectivity index (χ2v) is 7.62. The second kappa shape index (κ2) is 7.10. The molecule has 6 heteroatoms. The van der Waals surface area contributed by atoms with Gasteiger partial charge in [-0.1, -0.05) is 6.92 Å². The molecule has 1 amide bonds. The van der Waals surface area contributed by atoms with Crippen LogP contribution in [-0.2, 0) is 0 Å². The van der Waals surface area contributed by atoms with Gasteiger partial charge < -0.3 is 4.90 Å². The van der Waals surface area contributed by atoms with E-state index in [0.29, 0.717) is 5.56 Å². The van der Waals surface area contributed by atoms with E-state index in [4.69, 9.17) is 0 Å². The van der Waals surface area contributed by atoms with Crippen LogP contribution in [0.5, 0.6) is 0 Å². The van der Waals surface area contributed by atoms with Crippen LogP contribution in [0.1, 0.15) is 54.6 Å². The molecule has 0 saturated heterocycles. The monoisotopic (exact) mass is 371 g/mol. The number of rotatable bonds is 3. The number of halogens is 2. The number of hydrogen-bond acceptors (Lipinski definition) is 3. The Bertz CT molecular complexity index is 891. The Balaban J connectivity index is 1.80. The molecule has 0 aliphatic carbocycles. The van der Waals surface area contributed by atoms with Gasteiger partial charge in [0, 0.05) is 29.4 Å². The van der Waals surface area contributed by atoms with Crippen molar-refractivity contribution in [3.63, 3.8) is 0 Å². The first-order chi connectivity index (χ1) is 12.7. The first-order valence-corrected chi connectivity index (χ1v) is 8.85. The summed E-state index contributed by atoms with van der Waals surface area (Å²) in [4.78, 5) is 14.1. The molecule has 1 heterocycles. The maximum atomic E-state index is 14.5. The van der Waals surface area contributed by atoms with Crippen molar-refractivity contribution in [1.29, 1.82) is 0 Å².